The summed E-state index contributed by atoms with van der Waals surface area (Å²) in [4.78, 5) is 13.1. The molecule has 3 nitrogen and oxygen atoms in total. The van der Waals surface area contributed by atoms with Crippen LogP contribution in [0.4, 0.5) is 0 Å². The maximum absolute atomic E-state index is 9.66. The summed E-state index contributed by atoms with van der Waals surface area (Å²) in [6, 6.07) is 0. The van der Waals surface area contributed by atoms with E-state index in [1.54, 1.807) is 0 Å². The van der Waals surface area contributed by atoms with E-state index in [-0.39, 0.29) is 0 Å². The van der Waals surface area contributed by atoms with Gasteiger partial charge in [-0.05, 0) is 12.8 Å². The summed E-state index contributed by atoms with van der Waals surface area (Å²) in [6.07, 6.45) is 4.55. The summed E-state index contributed by atoms with van der Waals surface area (Å²) >= 11 is 0. The van der Waals surface area contributed by atoms with Gasteiger partial charge in [0.15, 0.2) is 9.76 Å². The molecule has 0 N–H and O–H groups in total. The van der Waals surface area contributed by atoms with Crippen LogP contribution in [0.2, 0.25) is 0 Å². The van der Waals surface area contributed by atoms with Crippen molar-refractivity contribution in [2.75, 3.05) is 6.17 Å². The minimum absolute atomic E-state index is 0.378. The average Bonchev–Trinajstić information content (AvgIpc) is 2.05. The summed E-state index contributed by atoms with van der Waals surface area (Å²) in [5, 5.41) is 0. The van der Waals surface area contributed by atoms with Crippen molar-refractivity contribution in [1.29, 1.82) is 0 Å². The molecule has 0 aromatic rings. The highest BCUT2D eigenvalue weighted by Gasteiger charge is 2.00. The molecule has 0 aromatic heterocycles. The lowest BCUT2D eigenvalue weighted by Crippen LogP contribution is -2.15. The topological polar surface area (TPSA) is 38.7 Å². The molecule has 4 heteroatoms. The van der Waals surface area contributed by atoms with Crippen molar-refractivity contribution in [3.63, 3.8) is 0 Å². The zero-order valence-electron chi connectivity index (χ0n) is 7.17. The molecule has 0 rings (SSSR count). The SMILES string of the molecule is CCC(CC)O[SiH2]CN=C=O. The first-order chi connectivity index (χ1) is 5.35. The summed E-state index contributed by atoms with van der Waals surface area (Å²) in [7, 11) is -0.598. The fourth-order valence-electron chi connectivity index (χ4n) is 0.835. The van der Waals surface area contributed by atoms with E-state index in [1.165, 1.54) is 6.08 Å². The maximum atomic E-state index is 9.66. The number of hydrogen-bond donors (Lipinski definition) is 0. The Kier molecular flexibility index (Phi) is 7.35. The Hall–Kier alpha value is -0.443. The van der Waals surface area contributed by atoms with Crippen LogP contribution in [0.3, 0.4) is 0 Å². The van der Waals surface area contributed by atoms with Gasteiger partial charge < -0.3 is 4.43 Å². The first-order valence-electron chi connectivity index (χ1n) is 4.00. The molecule has 0 bridgehead atoms. The molecule has 0 spiro atoms. The second kappa shape index (κ2) is 7.66. The van der Waals surface area contributed by atoms with E-state index in [1.807, 2.05) is 0 Å². The third-order valence-electron chi connectivity index (χ3n) is 1.53. The van der Waals surface area contributed by atoms with Crippen molar-refractivity contribution in [2.45, 2.75) is 32.8 Å². The average molecular weight is 173 g/mol. The third kappa shape index (κ3) is 5.98. The van der Waals surface area contributed by atoms with Crippen LogP contribution in [0.1, 0.15) is 26.7 Å². The molecule has 0 radical (unpaired) electrons. The third-order valence-corrected chi connectivity index (χ3v) is 2.65. The van der Waals surface area contributed by atoms with E-state index in [0.29, 0.717) is 12.3 Å². The molecule has 0 saturated carbocycles. The molecule has 0 saturated heterocycles. The highest BCUT2D eigenvalue weighted by Crippen LogP contribution is 2.00. The molecule has 0 aliphatic rings. The summed E-state index contributed by atoms with van der Waals surface area (Å²) in [5.74, 6) is 0. The fraction of sp³-hybridized carbons (Fsp3) is 0.857. The van der Waals surface area contributed by atoms with Gasteiger partial charge in [-0.3, -0.25) is 0 Å². The van der Waals surface area contributed by atoms with Crippen LogP contribution in [0.25, 0.3) is 0 Å². The van der Waals surface area contributed by atoms with Crippen molar-refractivity contribution >= 4 is 15.8 Å². The van der Waals surface area contributed by atoms with Gasteiger partial charge in [-0.15, -0.1) is 0 Å². The van der Waals surface area contributed by atoms with E-state index in [2.05, 4.69) is 18.8 Å². The van der Waals surface area contributed by atoms with E-state index >= 15 is 0 Å². The fourth-order valence-corrected chi connectivity index (χ4v) is 1.93. The number of isocyanates is 1. The molecule has 0 aliphatic carbocycles. The Bertz CT molecular complexity index is 130. The predicted molar refractivity (Wildman–Crippen MR) is 47.0 cm³/mol. The van der Waals surface area contributed by atoms with Crippen LogP contribution < -0.4 is 0 Å². The predicted octanol–water partition coefficient (Wildman–Crippen LogP) is 0.569. The molecule has 64 valence electrons. The highest BCUT2D eigenvalue weighted by atomic mass is 28.2. The lowest BCUT2D eigenvalue weighted by atomic mass is 10.2. The van der Waals surface area contributed by atoms with Crippen LogP contribution in [0.5, 0.6) is 0 Å². The van der Waals surface area contributed by atoms with E-state index in [0.717, 1.165) is 12.8 Å². The summed E-state index contributed by atoms with van der Waals surface area (Å²) in [6.45, 7) is 4.21. The van der Waals surface area contributed by atoms with Crippen LogP contribution >= 0.6 is 0 Å². The number of nitrogens with zero attached hydrogens (tertiary/aromatic N) is 1. The van der Waals surface area contributed by atoms with Crippen molar-refractivity contribution in [3.8, 4) is 0 Å². The molecule has 0 unspecified atom stereocenters. The number of aliphatic imine (C=N–C) groups is 1. The molecule has 0 aromatic carbocycles. The van der Waals surface area contributed by atoms with Crippen molar-refractivity contribution < 1.29 is 9.22 Å². The van der Waals surface area contributed by atoms with Gasteiger partial charge in [0.25, 0.3) is 0 Å². The molecule has 0 fully saturated rings. The second-order valence-electron chi connectivity index (χ2n) is 2.28. The Labute approximate surface area is 69.8 Å². The lowest BCUT2D eigenvalue weighted by Gasteiger charge is -2.12. The minimum atomic E-state index is -0.598. The Morgan fingerprint density at radius 2 is 2.18 bits per heavy atom. The van der Waals surface area contributed by atoms with Crippen LogP contribution in [0.15, 0.2) is 4.99 Å². The molecule has 11 heavy (non-hydrogen) atoms. The molecule has 0 amide bonds. The number of carbonyl (C=O) groups excluding carboxylic acids is 1. The second-order valence-corrected chi connectivity index (χ2v) is 3.47. The summed E-state index contributed by atoms with van der Waals surface area (Å²) in [5.41, 5.74) is 0. The standard InChI is InChI=1S/C7H15NO2Si/c1-3-7(4-2)10-11-6-8-5-9/h7H,3-4,6,11H2,1-2H3. The smallest absolute Gasteiger partial charge is 0.234 e. The van der Waals surface area contributed by atoms with Crippen LogP contribution in [-0.4, -0.2) is 28.1 Å². The number of rotatable bonds is 6. The van der Waals surface area contributed by atoms with Gasteiger partial charge in [0, 0.05) is 6.10 Å². The van der Waals surface area contributed by atoms with E-state index < -0.39 is 9.76 Å². The quantitative estimate of drug-likeness (QED) is 0.255. The van der Waals surface area contributed by atoms with Gasteiger partial charge in [-0.2, -0.15) is 0 Å². The normalized spacial score (nSPS) is 10.8. The zero-order valence-corrected chi connectivity index (χ0v) is 8.58. The van der Waals surface area contributed by atoms with E-state index in [9.17, 15) is 4.79 Å². The zero-order chi connectivity index (χ0) is 8.53. The molecular formula is C7H15NO2Si. The Morgan fingerprint density at radius 1 is 1.55 bits per heavy atom. The first kappa shape index (κ1) is 10.6. The molecule has 0 atom stereocenters. The van der Waals surface area contributed by atoms with Gasteiger partial charge in [0.05, 0.1) is 6.17 Å². The maximum Gasteiger partial charge on any atom is 0.234 e. The summed E-state index contributed by atoms with van der Waals surface area (Å²) < 4.78 is 5.51. The first-order valence-corrected chi connectivity index (χ1v) is 5.58. The van der Waals surface area contributed by atoms with Gasteiger partial charge >= 0.3 is 0 Å². The molecule has 0 heterocycles. The minimum Gasteiger partial charge on any atom is -0.419 e. The Balaban J connectivity index is 3.27. The van der Waals surface area contributed by atoms with Crippen molar-refractivity contribution in [3.05, 3.63) is 0 Å². The molecular weight excluding hydrogens is 158 g/mol. The van der Waals surface area contributed by atoms with Crippen LogP contribution in [0, 0.1) is 0 Å². The van der Waals surface area contributed by atoms with E-state index in [4.69, 9.17) is 4.43 Å². The van der Waals surface area contributed by atoms with Gasteiger partial charge in [-0.25, -0.2) is 9.79 Å². The highest BCUT2D eigenvalue weighted by molar-refractivity contribution is 6.27. The monoisotopic (exact) mass is 173 g/mol. The van der Waals surface area contributed by atoms with Crippen LogP contribution in [-0.2, 0) is 9.22 Å². The molecule has 0 aliphatic heterocycles. The van der Waals surface area contributed by atoms with Crippen molar-refractivity contribution in [2.24, 2.45) is 4.99 Å². The lowest BCUT2D eigenvalue weighted by molar-refractivity contribution is 0.203. The largest absolute Gasteiger partial charge is 0.419 e. The van der Waals surface area contributed by atoms with Crippen molar-refractivity contribution in [1.82, 2.24) is 0 Å². The van der Waals surface area contributed by atoms with Gasteiger partial charge in [0.1, 0.15) is 0 Å². The number of hydrogen-bond acceptors (Lipinski definition) is 3. The van der Waals surface area contributed by atoms with Gasteiger partial charge in [-0.1, -0.05) is 13.8 Å². The Morgan fingerprint density at radius 3 is 2.64 bits per heavy atom. The van der Waals surface area contributed by atoms with Gasteiger partial charge in [0.2, 0.25) is 6.08 Å².